The predicted molar refractivity (Wildman–Crippen MR) is 71.2 cm³/mol. The number of nitrogen functional groups attached to an aromatic ring is 1. The Morgan fingerprint density at radius 2 is 1.88 bits per heavy atom. The number of nitrogens with one attached hydrogen (secondary N) is 1. The van der Waals surface area contributed by atoms with Gasteiger partial charge < -0.3 is 11.1 Å². The maximum atomic E-state index is 6.00. The third-order valence-electron chi connectivity index (χ3n) is 2.02. The van der Waals surface area contributed by atoms with Crippen LogP contribution in [-0.4, -0.2) is 9.97 Å². The number of halogens is 3. The number of rotatable bonds is 2. The molecule has 0 amide bonds. The van der Waals surface area contributed by atoms with Crippen LogP contribution in [0.2, 0.25) is 15.2 Å². The lowest BCUT2D eigenvalue weighted by molar-refractivity contribution is 1.17. The number of hydrogen-bond donors (Lipinski definition) is 2. The van der Waals surface area contributed by atoms with Crippen LogP contribution in [0.15, 0.2) is 24.5 Å². The number of nitrogens with two attached hydrogens (primary N) is 1. The molecule has 1 aromatic heterocycles. The van der Waals surface area contributed by atoms with Gasteiger partial charge in [-0.3, -0.25) is 0 Å². The van der Waals surface area contributed by atoms with Crippen molar-refractivity contribution in [3.05, 3.63) is 39.7 Å². The first-order valence-electron chi connectivity index (χ1n) is 4.56. The summed E-state index contributed by atoms with van der Waals surface area (Å²) in [6, 6.07) is 5.02. The molecule has 0 unspecified atom stereocenters. The van der Waals surface area contributed by atoms with Crippen molar-refractivity contribution in [2.24, 2.45) is 0 Å². The average molecular weight is 290 g/mol. The van der Waals surface area contributed by atoms with E-state index in [1.54, 1.807) is 18.2 Å². The Labute approximate surface area is 113 Å². The average Bonchev–Trinajstić information content (AvgIpc) is 2.30. The van der Waals surface area contributed by atoms with Crippen LogP contribution in [0.25, 0.3) is 0 Å². The normalized spacial score (nSPS) is 10.3. The quantitative estimate of drug-likeness (QED) is 0.826. The SMILES string of the molecule is Nc1c(Cl)ncnc1Nc1cc(Cl)ccc1Cl. The Hall–Kier alpha value is -1.23. The second kappa shape index (κ2) is 4.96. The topological polar surface area (TPSA) is 63.8 Å². The molecule has 17 heavy (non-hydrogen) atoms. The van der Waals surface area contributed by atoms with Crippen molar-refractivity contribution in [2.45, 2.75) is 0 Å². The maximum Gasteiger partial charge on any atom is 0.158 e. The van der Waals surface area contributed by atoms with Crippen molar-refractivity contribution in [3.63, 3.8) is 0 Å². The molecular weight excluding hydrogens is 282 g/mol. The van der Waals surface area contributed by atoms with E-state index < -0.39 is 0 Å². The molecule has 0 saturated carbocycles. The van der Waals surface area contributed by atoms with Gasteiger partial charge in [0.2, 0.25) is 0 Å². The van der Waals surface area contributed by atoms with Crippen LogP contribution in [0.5, 0.6) is 0 Å². The molecule has 88 valence electrons. The van der Waals surface area contributed by atoms with Crippen molar-refractivity contribution in [1.82, 2.24) is 9.97 Å². The predicted octanol–water partition coefficient (Wildman–Crippen LogP) is 3.76. The molecule has 0 bridgehead atoms. The second-order valence-corrected chi connectivity index (χ2v) is 4.38. The third kappa shape index (κ3) is 2.72. The van der Waals surface area contributed by atoms with E-state index in [0.29, 0.717) is 21.6 Å². The van der Waals surface area contributed by atoms with Gasteiger partial charge in [0.1, 0.15) is 12.0 Å². The highest BCUT2D eigenvalue weighted by Crippen LogP contribution is 2.31. The van der Waals surface area contributed by atoms with Gasteiger partial charge in [-0.15, -0.1) is 0 Å². The molecule has 0 atom stereocenters. The van der Waals surface area contributed by atoms with Gasteiger partial charge in [-0.05, 0) is 18.2 Å². The minimum atomic E-state index is 0.181. The molecule has 4 nitrogen and oxygen atoms in total. The van der Waals surface area contributed by atoms with E-state index in [4.69, 9.17) is 40.5 Å². The Balaban J connectivity index is 2.38. The van der Waals surface area contributed by atoms with Gasteiger partial charge in [0.25, 0.3) is 0 Å². The monoisotopic (exact) mass is 288 g/mol. The molecule has 2 aromatic rings. The first kappa shape index (κ1) is 12.2. The Morgan fingerprint density at radius 3 is 2.65 bits per heavy atom. The van der Waals surface area contributed by atoms with E-state index in [9.17, 15) is 0 Å². The molecule has 3 N–H and O–H groups in total. The van der Waals surface area contributed by atoms with Crippen LogP contribution in [0, 0.1) is 0 Å². The molecule has 0 aliphatic carbocycles. The van der Waals surface area contributed by atoms with Gasteiger partial charge in [-0.1, -0.05) is 34.8 Å². The molecule has 2 rings (SSSR count). The highest BCUT2D eigenvalue weighted by atomic mass is 35.5. The van der Waals surface area contributed by atoms with Crippen molar-refractivity contribution in [3.8, 4) is 0 Å². The minimum absolute atomic E-state index is 0.181. The standard InChI is InChI=1S/C10H7Cl3N4/c11-5-1-2-6(12)7(3-5)17-10-8(14)9(13)15-4-16-10/h1-4H,14H2,(H,15,16,17). The third-order valence-corrected chi connectivity index (χ3v) is 2.88. The molecule has 0 saturated heterocycles. The summed E-state index contributed by atoms with van der Waals surface area (Å²) in [6.45, 7) is 0. The van der Waals surface area contributed by atoms with Crippen LogP contribution in [0.4, 0.5) is 17.2 Å². The summed E-state index contributed by atoms with van der Waals surface area (Å²) < 4.78 is 0. The van der Waals surface area contributed by atoms with Gasteiger partial charge in [-0.2, -0.15) is 0 Å². The van der Waals surface area contributed by atoms with Gasteiger partial charge in [0.15, 0.2) is 11.0 Å². The van der Waals surface area contributed by atoms with Gasteiger partial charge in [0, 0.05) is 5.02 Å². The largest absolute Gasteiger partial charge is 0.393 e. The Bertz CT molecular complexity index is 559. The maximum absolute atomic E-state index is 6.00. The fourth-order valence-corrected chi connectivity index (χ4v) is 1.66. The summed E-state index contributed by atoms with van der Waals surface area (Å²) in [4.78, 5) is 7.72. The smallest absolute Gasteiger partial charge is 0.158 e. The van der Waals surface area contributed by atoms with Crippen molar-refractivity contribution < 1.29 is 0 Å². The summed E-state index contributed by atoms with van der Waals surface area (Å²) in [5.74, 6) is 0.383. The molecule has 7 heteroatoms. The highest BCUT2D eigenvalue weighted by molar-refractivity contribution is 6.35. The second-order valence-electron chi connectivity index (χ2n) is 3.18. The van der Waals surface area contributed by atoms with Crippen molar-refractivity contribution >= 4 is 52.0 Å². The number of benzene rings is 1. The zero-order valence-electron chi connectivity index (χ0n) is 8.42. The molecule has 0 fully saturated rings. The van der Waals surface area contributed by atoms with E-state index >= 15 is 0 Å². The summed E-state index contributed by atoms with van der Waals surface area (Å²) in [5, 5.41) is 4.18. The van der Waals surface area contributed by atoms with Crippen LogP contribution in [0.1, 0.15) is 0 Å². The zero-order chi connectivity index (χ0) is 12.4. The van der Waals surface area contributed by atoms with Crippen molar-refractivity contribution in [1.29, 1.82) is 0 Å². The van der Waals surface area contributed by atoms with E-state index in [1.165, 1.54) is 6.33 Å². The fraction of sp³-hybridized carbons (Fsp3) is 0. The summed E-state index contributed by atoms with van der Waals surface area (Å²) in [7, 11) is 0. The fourth-order valence-electron chi connectivity index (χ4n) is 1.19. The Kier molecular flexibility index (Phi) is 3.57. The van der Waals surface area contributed by atoms with E-state index in [2.05, 4.69) is 15.3 Å². The van der Waals surface area contributed by atoms with Gasteiger partial charge in [0.05, 0.1) is 10.7 Å². The van der Waals surface area contributed by atoms with E-state index in [-0.39, 0.29) is 10.8 Å². The Morgan fingerprint density at radius 1 is 1.12 bits per heavy atom. The van der Waals surface area contributed by atoms with Gasteiger partial charge >= 0.3 is 0 Å². The molecule has 0 spiro atoms. The molecule has 0 aliphatic heterocycles. The molecule has 0 radical (unpaired) electrons. The van der Waals surface area contributed by atoms with Crippen LogP contribution in [0.3, 0.4) is 0 Å². The first-order chi connectivity index (χ1) is 8.08. The minimum Gasteiger partial charge on any atom is -0.393 e. The van der Waals surface area contributed by atoms with Crippen LogP contribution < -0.4 is 11.1 Å². The van der Waals surface area contributed by atoms with E-state index in [0.717, 1.165) is 0 Å². The molecule has 1 aromatic carbocycles. The van der Waals surface area contributed by atoms with Gasteiger partial charge in [-0.25, -0.2) is 9.97 Å². The lowest BCUT2D eigenvalue weighted by atomic mass is 10.3. The number of aromatic nitrogens is 2. The highest BCUT2D eigenvalue weighted by Gasteiger charge is 2.08. The summed E-state index contributed by atoms with van der Waals surface area (Å²) >= 11 is 17.6. The van der Waals surface area contributed by atoms with Crippen molar-refractivity contribution in [2.75, 3.05) is 11.1 Å². The lowest BCUT2D eigenvalue weighted by Crippen LogP contribution is -2.01. The lowest BCUT2D eigenvalue weighted by Gasteiger charge is -2.10. The first-order valence-corrected chi connectivity index (χ1v) is 5.69. The van der Waals surface area contributed by atoms with Crippen LogP contribution >= 0.6 is 34.8 Å². The van der Waals surface area contributed by atoms with E-state index in [1.807, 2.05) is 0 Å². The zero-order valence-corrected chi connectivity index (χ0v) is 10.7. The molecular formula is C10H7Cl3N4. The van der Waals surface area contributed by atoms with Crippen LogP contribution in [-0.2, 0) is 0 Å². The molecule has 0 aliphatic rings. The number of anilines is 3. The molecule has 1 heterocycles. The number of hydrogen-bond acceptors (Lipinski definition) is 4. The summed E-state index contributed by atoms with van der Waals surface area (Å²) in [6.07, 6.45) is 1.31. The summed E-state index contributed by atoms with van der Waals surface area (Å²) in [5.41, 5.74) is 6.58. The number of nitrogens with zero attached hydrogens (tertiary/aromatic N) is 2.